The highest BCUT2D eigenvalue weighted by Crippen LogP contribution is 2.30. The lowest BCUT2D eigenvalue weighted by Crippen LogP contribution is -2.16. The summed E-state index contributed by atoms with van der Waals surface area (Å²) in [6, 6.07) is 8.27. The Balaban J connectivity index is 1.92. The SMILES string of the molecule is CSc1nc2ccc(NC(=O)c3ccc([N+](=O)[O-])cc3C(=O)O)cc2s1. The van der Waals surface area contributed by atoms with Gasteiger partial charge in [-0.15, -0.1) is 11.3 Å². The first kappa shape index (κ1) is 17.8. The lowest BCUT2D eigenvalue weighted by Gasteiger charge is -2.08. The number of carbonyl (C=O) groups is 2. The number of nitro groups is 1. The van der Waals surface area contributed by atoms with Crippen molar-refractivity contribution in [1.82, 2.24) is 4.98 Å². The van der Waals surface area contributed by atoms with Crippen molar-refractivity contribution < 1.29 is 19.6 Å². The van der Waals surface area contributed by atoms with Crippen molar-refractivity contribution in [2.75, 3.05) is 11.6 Å². The van der Waals surface area contributed by atoms with Crippen LogP contribution in [0.15, 0.2) is 40.7 Å². The van der Waals surface area contributed by atoms with E-state index in [4.69, 9.17) is 0 Å². The fourth-order valence-corrected chi connectivity index (χ4v) is 3.82. The third-order valence-corrected chi connectivity index (χ3v) is 5.49. The molecule has 1 aromatic heterocycles. The van der Waals surface area contributed by atoms with Gasteiger partial charge in [0.2, 0.25) is 0 Å². The quantitative estimate of drug-likeness (QED) is 0.386. The number of nitrogens with zero attached hydrogens (tertiary/aromatic N) is 2. The molecule has 2 N–H and O–H groups in total. The highest BCUT2D eigenvalue weighted by atomic mass is 32.2. The van der Waals surface area contributed by atoms with Gasteiger partial charge in [0, 0.05) is 17.8 Å². The minimum Gasteiger partial charge on any atom is -0.478 e. The van der Waals surface area contributed by atoms with Gasteiger partial charge in [0.15, 0.2) is 4.34 Å². The summed E-state index contributed by atoms with van der Waals surface area (Å²) >= 11 is 3.00. The number of carboxylic acid groups (broad SMARTS) is 1. The Morgan fingerprint density at radius 1 is 1.23 bits per heavy atom. The van der Waals surface area contributed by atoms with Crippen molar-refractivity contribution in [1.29, 1.82) is 0 Å². The number of thioether (sulfide) groups is 1. The molecule has 8 nitrogen and oxygen atoms in total. The number of nitro benzene ring substituents is 1. The Hall–Kier alpha value is -2.98. The van der Waals surface area contributed by atoms with Gasteiger partial charge in [-0.1, -0.05) is 11.8 Å². The van der Waals surface area contributed by atoms with E-state index in [-0.39, 0.29) is 5.56 Å². The van der Waals surface area contributed by atoms with Crippen LogP contribution < -0.4 is 5.32 Å². The molecule has 3 rings (SSSR count). The number of anilines is 1. The van der Waals surface area contributed by atoms with E-state index in [1.165, 1.54) is 23.1 Å². The van der Waals surface area contributed by atoms with Crippen LogP contribution in [-0.4, -0.2) is 33.1 Å². The molecule has 0 spiro atoms. The van der Waals surface area contributed by atoms with Gasteiger partial charge >= 0.3 is 5.97 Å². The van der Waals surface area contributed by atoms with E-state index in [1.54, 1.807) is 18.2 Å². The smallest absolute Gasteiger partial charge is 0.336 e. The number of thiazole rings is 1. The summed E-state index contributed by atoms with van der Waals surface area (Å²) in [4.78, 5) is 38.3. The van der Waals surface area contributed by atoms with Gasteiger partial charge < -0.3 is 10.4 Å². The minimum atomic E-state index is -1.42. The molecule has 1 heterocycles. The zero-order valence-corrected chi connectivity index (χ0v) is 14.9. The highest BCUT2D eigenvalue weighted by Gasteiger charge is 2.21. The van der Waals surface area contributed by atoms with Crippen LogP contribution in [0, 0.1) is 10.1 Å². The fraction of sp³-hybridized carbons (Fsp3) is 0.0625. The number of fused-ring (bicyclic) bond motifs is 1. The second-order valence-electron chi connectivity index (χ2n) is 5.11. The van der Waals surface area contributed by atoms with E-state index in [2.05, 4.69) is 10.3 Å². The molecule has 132 valence electrons. The first-order chi connectivity index (χ1) is 12.4. The second kappa shape index (κ2) is 7.10. The summed E-state index contributed by atoms with van der Waals surface area (Å²) in [5.74, 6) is -2.08. The minimum absolute atomic E-state index is 0.155. The van der Waals surface area contributed by atoms with E-state index >= 15 is 0 Å². The molecule has 0 radical (unpaired) electrons. The maximum absolute atomic E-state index is 12.5. The van der Waals surface area contributed by atoms with Crippen LogP contribution in [-0.2, 0) is 0 Å². The van der Waals surface area contributed by atoms with Crippen molar-refractivity contribution in [2.45, 2.75) is 4.34 Å². The second-order valence-corrected chi connectivity index (χ2v) is 7.20. The molecule has 0 fully saturated rings. The summed E-state index contributed by atoms with van der Waals surface area (Å²) in [5, 5.41) is 22.7. The Morgan fingerprint density at radius 3 is 2.65 bits per heavy atom. The molecule has 0 aliphatic rings. The number of carbonyl (C=O) groups excluding carboxylic acids is 1. The van der Waals surface area contributed by atoms with E-state index in [1.807, 2.05) is 6.26 Å². The number of nitrogens with one attached hydrogen (secondary N) is 1. The first-order valence-electron chi connectivity index (χ1n) is 7.16. The maximum Gasteiger partial charge on any atom is 0.336 e. The Kier molecular flexibility index (Phi) is 4.87. The summed E-state index contributed by atoms with van der Waals surface area (Å²) < 4.78 is 1.78. The summed E-state index contributed by atoms with van der Waals surface area (Å²) in [6.45, 7) is 0. The Morgan fingerprint density at radius 2 is 2.00 bits per heavy atom. The molecule has 0 bridgehead atoms. The van der Waals surface area contributed by atoms with E-state index in [0.29, 0.717) is 5.69 Å². The zero-order valence-electron chi connectivity index (χ0n) is 13.3. The van der Waals surface area contributed by atoms with Crippen LogP contribution >= 0.6 is 23.1 Å². The monoisotopic (exact) mass is 389 g/mol. The lowest BCUT2D eigenvalue weighted by atomic mass is 10.1. The third kappa shape index (κ3) is 3.51. The van der Waals surface area contributed by atoms with E-state index in [9.17, 15) is 24.8 Å². The molecule has 2 aromatic carbocycles. The van der Waals surface area contributed by atoms with Crippen molar-refractivity contribution in [2.24, 2.45) is 0 Å². The number of hydrogen-bond acceptors (Lipinski definition) is 7. The zero-order chi connectivity index (χ0) is 18.8. The standard InChI is InChI=1S/C16H11N3O5S2/c1-25-16-18-12-5-2-8(6-13(12)26-16)17-14(20)10-4-3-9(19(23)24)7-11(10)15(21)22/h2-7H,1H3,(H,17,20)(H,21,22). The molecule has 26 heavy (non-hydrogen) atoms. The van der Waals surface area contributed by atoms with Gasteiger partial charge in [-0.2, -0.15) is 0 Å². The topological polar surface area (TPSA) is 122 Å². The van der Waals surface area contributed by atoms with Crippen LogP contribution in [0.2, 0.25) is 0 Å². The Bertz CT molecular complexity index is 1050. The van der Waals surface area contributed by atoms with Crippen molar-refractivity contribution in [3.8, 4) is 0 Å². The predicted octanol–water partition coefficient (Wildman–Crippen LogP) is 3.88. The van der Waals surface area contributed by atoms with E-state index in [0.717, 1.165) is 32.8 Å². The summed E-state index contributed by atoms with van der Waals surface area (Å²) in [5.41, 5.74) is 0.305. The molecule has 0 aliphatic carbocycles. The average Bonchev–Trinajstić information content (AvgIpc) is 3.03. The molecule has 0 saturated heterocycles. The van der Waals surface area contributed by atoms with Crippen molar-refractivity contribution in [3.63, 3.8) is 0 Å². The van der Waals surface area contributed by atoms with Gasteiger partial charge in [0.05, 0.1) is 26.3 Å². The van der Waals surface area contributed by atoms with Crippen molar-refractivity contribution >= 4 is 56.6 Å². The summed E-state index contributed by atoms with van der Waals surface area (Å²) in [6.07, 6.45) is 1.92. The van der Waals surface area contributed by atoms with Crippen LogP contribution in [0.3, 0.4) is 0 Å². The number of non-ortho nitro benzene ring substituents is 1. The van der Waals surface area contributed by atoms with E-state index < -0.39 is 28.1 Å². The maximum atomic E-state index is 12.5. The van der Waals surface area contributed by atoms with Crippen LogP contribution in [0.1, 0.15) is 20.7 Å². The predicted molar refractivity (Wildman–Crippen MR) is 99.4 cm³/mol. The van der Waals surface area contributed by atoms with Crippen LogP contribution in [0.25, 0.3) is 10.2 Å². The van der Waals surface area contributed by atoms with Gasteiger partial charge in [-0.05, 0) is 30.5 Å². The van der Waals surface area contributed by atoms with Gasteiger partial charge in [0.1, 0.15) is 0 Å². The first-order valence-corrected chi connectivity index (χ1v) is 9.21. The number of aromatic carboxylic acids is 1. The molecule has 3 aromatic rings. The number of rotatable bonds is 5. The molecule has 0 aliphatic heterocycles. The van der Waals surface area contributed by atoms with Gasteiger partial charge in [-0.25, -0.2) is 9.78 Å². The number of hydrogen-bond donors (Lipinski definition) is 2. The molecule has 1 amide bonds. The molecule has 0 saturated carbocycles. The number of benzene rings is 2. The number of amides is 1. The molecular formula is C16H11N3O5S2. The van der Waals surface area contributed by atoms with Gasteiger partial charge in [-0.3, -0.25) is 14.9 Å². The normalized spacial score (nSPS) is 10.7. The molecule has 0 atom stereocenters. The Labute approximate surface area is 155 Å². The van der Waals surface area contributed by atoms with Gasteiger partial charge in [0.25, 0.3) is 11.6 Å². The van der Waals surface area contributed by atoms with Crippen molar-refractivity contribution in [3.05, 3.63) is 57.6 Å². The lowest BCUT2D eigenvalue weighted by molar-refractivity contribution is -0.384. The molecule has 10 heteroatoms. The third-order valence-electron chi connectivity index (χ3n) is 3.49. The number of aromatic nitrogens is 1. The number of carboxylic acids is 1. The fourth-order valence-electron chi connectivity index (χ4n) is 2.29. The highest BCUT2D eigenvalue weighted by molar-refractivity contribution is 8.00. The summed E-state index contributed by atoms with van der Waals surface area (Å²) in [7, 11) is 0. The largest absolute Gasteiger partial charge is 0.478 e. The average molecular weight is 389 g/mol. The molecule has 0 unspecified atom stereocenters. The molecular weight excluding hydrogens is 378 g/mol. The van der Waals surface area contributed by atoms with Crippen LogP contribution in [0.4, 0.5) is 11.4 Å². The van der Waals surface area contributed by atoms with Crippen LogP contribution in [0.5, 0.6) is 0 Å².